The lowest BCUT2D eigenvalue weighted by atomic mass is 9.95. The van der Waals surface area contributed by atoms with Gasteiger partial charge in [-0.2, -0.15) is 26.3 Å². The highest BCUT2D eigenvalue weighted by Crippen LogP contribution is 2.44. The Morgan fingerprint density at radius 2 is 1.08 bits per heavy atom. The van der Waals surface area contributed by atoms with Crippen LogP contribution in [0.4, 0.5) is 26.3 Å². The molecule has 0 bridgehead atoms. The maximum atomic E-state index is 11.7. The molecule has 0 saturated carbocycles. The summed E-state index contributed by atoms with van der Waals surface area (Å²) < 4.78 is 70.4. The Morgan fingerprint density at radius 1 is 0.833 bits per heavy atom. The van der Waals surface area contributed by atoms with E-state index >= 15 is 0 Å². The van der Waals surface area contributed by atoms with Gasteiger partial charge >= 0.3 is 12.4 Å². The summed E-state index contributed by atoms with van der Waals surface area (Å²) in [6, 6.07) is 0. The zero-order chi connectivity index (χ0) is 10.2. The van der Waals surface area contributed by atoms with Gasteiger partial charge in [-0.1, -0.05) is 13.8 Å². The van der Waals surface area contributed by atoms with E-state index in [0.29, 0.717) is 0 Å². The monoisotopic (exact) mass is 193 g/mol. The molecule has 0 aliphatic rings. The van der Waals surface area contributed by atoms with Crippen molar-refractivity contribution in [1.82, 2.24) is 0 Å². The third-order valence-electron chi connectivity index (χ3n) is 1.23. The predicted molar refractivity (Wildman–Crippen MR) is 30.2 cm³/mol. The Kier molecular flexibility index (Phi) is 3.03. The molecule has 0 unspecified atom stereocenters. The summed E-state index contributed by atoms with van der Waals surface area (Å²) in [5.41, 5.74) is 0. The Hall–Kier alpha value is -0.420. The van der Waals surface area contributed by atoms with Crippen LogP contribution in [0, 0.1) is 11.8 Å². The van der Waals surface area contributed by atoms with Gasteiger partial charge in [-0.25, -0.2) is 0 Å². The molecule has 0 atom stereocenters. The van der Waals surface area contributed by atoms with Gasteiger partial charge in [-0.3, -0.25) is 0 Å². The molecule has 0 saturated heterocycles. The van der Waals surface area contributed by atoms with Gasteiger partial charge < -0.3 is 0 Å². The Balaban J connectivity index is 4.70. The SMILES string of the molecule is C[C](C)C(C(F)(F)F)C(F)(F)F. The molecular formula is C6H7F6. The quantitative estimate of drug-likeness (QED) is 0.560. The molecule has 0 heterocycles. The van der Waals surface area contributed by atoms with E-state index in [9.17, 15) is 26.3 Å². The number of rotatable bonds is 1. The van der Waals surface area contributed by atoms with Crippen LogP contribution in [0.3, 0.4) is 0 Å². The average Bonchev–Trinajstić information content (AvgIpc) is 1.49. The minimum absolute atomic E-state index is 0.699. The van der Waals surface area contributed by atoms with Crippen LogP contribution in [-0.2, 0) is 0 Å². The van der Waals surface area contributed by atoms with E-state index in [1.807, 2.05) is 0 Å². The third kappa shape index (κ3) is 2.91. The molecular weight excluding hydrogens is 186 g/mol. The van der Waals surface area contributed by atoms with E-state index in [1.165, 1.54) is 0 Å². The molecule has 0 N–H and O–H groups in total. The first-order valence-electron chi connectivity index (χ1n) is 3.00. The summed E-state index contributed by atoms with van der Waals surface area (Å²) in [6.07, 6.45) is -10.5. The van der Waals surface area contributed by atoms with Gasteiger partial charge in [0, 0.05) is 0 Å². The van der Waals surface area contributed by atoms with Crippen molar-refractivity contribution in [3.05, 3.63) is 5.92 Å². The van der Waals surface area contributed by atoms with E-state index in [-0.39, 0.29) is 0 Å². The predicted octanol–water partition coefficient (Wildman–Crippen LogP) is 3.34. The van der Waals surface area contributed by atoms with E-state index in [4.69, 9.17) is 0 Å². The van der Waals surface area contributed by atoms with Crippen LogP contribution in [0.2, 0.25) is 0 Å². The first kappa shape index (κ1) is 11.6. The lowest BCUT2D eigenvalue weighted by molar-refractivity contribution is -0.277. The molecule has 0 aromatic rings. The van der Waals surface area contributed by atoms with Crippen molar-refractivity contribution in [1.29, 1.82) is 0 Å². The van der Waals surface area contributed by atoms with E-state index in [1.54, 1.807) is 0 Å². The summed E-state index contributed by atoms with van der Waals surface area (Å²) in [6.45, 7) is 1.62. The summed E-state index contributed by atoms with van der Waals surface area (Å²) in [7, 11) is 0. The van der Waals surface area contributed by atoms with E-state index in [0.717, 1.165) is 13.8 Å². The van der Waals surface area contributed by atoms with Crippen LogP contribution in [-0.4, -0.2) is 12.4 Å². The van der Waals surface area contributed by atoms with Gasteiger partial charge in [-0.15, -0.1) is 0 Å². The molecule has 1 radical (unpaired) electrons. The minimum atomic E-state index is -5.24. The standard InChI is InChI=1S/C6H7F6/c1-3(2)4(5(7,8)9)6(10,11)12/h4H,1-2H3. The summed E-state index contributed by atoms with van der Waals surface area (Å²) in [5, 5.41) is 0. The molecule has 0 nitrogen and oxygen atoms in total. The lowest BCUT2D eigenvalue weighted by Crippen LogP contribution is -2.39. The molecule has 0 aromatic carbocycles. The van der Waals surface area contributed by atoms with Crippen molar-refractivity contribution in [2.24, 2.45) is 5.92 Å². The second-order valence-corrected chi connectivity index (χ2v) is 2.59. The molecule has 0 aromatic heterocycles. The van der Waals surface area contributed by atoms with Crippen molar-refractivity contribution in [3.63, 3.8) is 0 Å². The molecule has 0 amide bonds. The van der Waals surface area contributed by atoms with Crippen molar-refractivity contribution < 1.29 is 26.3 Å². The fraction of sp³-hybridized carbons (Fsp3) is 0.833. The van der Waals surface area contributed by atoms with Crippen molar-refractivity contribution >= 4 is 0 Å². The Morgan fingerprint density at radius 3 is 1.08 bits per heavy atom. The van der Waals surface area contributed by atoms with Gasteiger partial charge in [0.2, 0.25) is 0 Å². The topological polar surface area (TPSA) is 0 Å². The first-order valence-corrected chi connectivity index (χ1v) is 3.00. The lowest BCUT2D eigenvalue weighted by Gasteiger charge is -2.25. The van der Waals surface area contributed by atoms with Gasteiger partial charge in [0.15, 0.2) is 5.92 Å². The van der Waals surface area contributed by atoms with Crippen LogP contribution in [0.15, 0.2) is 0 Å². The molecule has 6 heteroatoms. The summed E-state index contributed by atoms with van der Waals surface area (Å²) in [5.74, 6) is -4.00. The second-order valence-electron chi connectivity index (χ2n) is 2.59. The van der Waals surface area contributed by atoms with Gasteiger partial charge in [-0.05, 0) is 5.92 Å². The average molecular weight is 193 g/mol. The maximum absolute atomic E-state index is 11.7. The zero-order valence-corrected chi connectivity index (χ0v) is 6.35. The van der Waals surface area contributed by atoms with Crippen LogP contribution < -0.4 is 0 Å². The molecule has 73 valence electrons. The summed E-state index contributed by atoms with van der Waals surface area (Å²) in [4.78, 5) is 0. The van der Waals surface area contributed by atoms with E-state index in [2.05, 4.69) is 0 Å². The second kappa shape index (κ2) is 3.14. The van der Waals surface area contributed by atoms with Crippen molar-refractivity contribution in [2.75, 3.05) is 0 Å². The van der Waals surface area contributed by atoms with Gasteiger partial charge in [0.05, 0.1) is 0 Å². The van der Waals surface area contributed by atoms with Gasteiger partial charge in [0.25, 0.3) is 0 Å². The normalized spacial score (nSPS) is 14.5. The fourth-order valence-electron chi connectivity index (χ4n) is 0.840. The van der Waals surface area contributed by atoms with Crippen LogP contribution in [0.1, 0.15) is 13.8 Å². The molecule has 0 fully saturated rings. The van der Waals surface area contributed by atoms with Crippen molar-refractivity contribution in [3.8, 4) is 0 Å². The Labute approximate surface area is 65.6 Å². The smallest absolute Gasteiger partial charge is 0.170 e. The highest BCUT2D eigenvalue weighted by Gasteiger charge is 2.57. The Bertz CT molecular complexity index is 127. The third-order valence-corrected chi connectivity index (χ3v) is 1.23. The molecule has 0 aliphatic carbocycles. The number of alkyl halides is 6. The van der Waals surface area contributed by atoms with Crippen LogP contribution in [0.5, 0.6) is 0 Å². The summed E-state index contributed by atoms with van der Waals surface area (Å²) >= 11 is 0. The van der Waals surface area contributed by atoms with Crippen LogP contribution in [0.25, 0.3) is 0 Å². The molecule has 0 rings (SSSR count). The minimum Gasteiger partial charge on any atom is -0.170 e. The van der Waals surface area contributed by atoms with Crippen molar-refractivity contribution in [2.45, 2.75) is 26.2 Å². The number of hydrogen-bond donors (Lipinski definition) is 0. The first-order chi connectivity index (χ1) is 5.07. The maximum Gasteiger partial charge on any atom is 0.401 e. The molecule has 0 spiro atoms. The number of hydrogen-bond acceptors (Lipinski definition) is 0. The van der Waals surface area contributed by atoms with Gasteiger partial charge in [0.1, 0.15) is 0 Å². The van der Waals surface area contributed by atoms with Crippen LogP contribution >= 0.6 is 0 Å². The largest absolute Gasteiger partial charge is 0.401 e. The fourth-order valence-corrected chi connectivity index (χ4v) is 0.840. The number of halogens is 6. The highest BCUT2D eigenvalue weighted by atomic mass is 19.4. The molecule has 12 heavy (non-hydrogen) atoms. The van der Waals surface area contributed by atoms with E-state index < -0.39 is 24.2 Å². The highest BCUT2D eigenvalue weighted by molar-refractivity contribution is 4.95. The molecule has 0 aliphatic heterocycles. The zero-order valence-electron chi connectivity index (χ0n) is 6.35.